The number of nitrogens with zero attached hydrogens (tertiary/aromatic N) is 4. The highest BCUT2D eigenvalue weighted by Gasteiger charge is 2.62. The molecular weight excluding hydrogens is 874 g/mol. The molecule has 2 aliphatic heterocycles. The number of rotatable bonds is 10. The highest BCUT2D eigenvalue weighted by molar-refractivity contribution is 7.91. The molecule has 4 heterocycles. The zero-order chi connectivity index (χ0) is 45.8. The molecular formula is C48H58ClN5O8S2. The van der Waals surface area contributed by atoms with E-state index in [1.807, 2.05) is 78.4 Å². The van der Waals surface area contributed by atoms with E-state index in [9.17, 15) is 27.6 Å². The summed E-state index contributed by atoms with van der Waals surface area (Å²) in [5, 5.41) is 3.42. The van der Waals surface area contributed by atoms with Crippen molar-refractivity contribution in [3.63, 3.8) is 0 Å². The van der Waals surface area contributed by atoms with Crippen molar-refractivity contribution >= 4 is 67.6 Å². The number of sulfonamides is 1. The Morgan fingerprint density at radius 3 is 2.50 bits per heavy atom. The molecule has 0 bridgehead atoms. The van der Waals surface area contributed by atoms with Crippen molar-refractivity contribution in [3.8, 4) is 27.8 Å². The van der Waals surface area contributed by atoms with E-state index in [2.05, 4.69) is 4.72 Å². The molecule has 0 radical (unpaired) electrons. The second-order valence-corrected chi connectivity index (χ2v) is 23.1. The summed E-state index contributed by atoms with van der Waals surface area (Å²) in [5.74, 6) is -2.96. The molecule has 16 heteroatoms. The van der Waals surface area contributed by atoms with Crippen molar-refractivity contribution in [2.24, 2.45) is 17.3 Å². The van der Waals surface area contributed by atoms with Gasteiger partial charge in [0.1, 0.15) is 22.2 Å². The van der Waals surface area contributed by atoms with E-state index in [-0.39, 0.29) is 49.5 Å². The number of ether oxygens (including phenoxy) is 2. The summed E-state index contributed by atoms with van der Waals surface area (Å²) < 4.78 is 42.4. The summed E-state index contributed by atoms with van der Waals surface area (Å²) >= 11 is 7.65. The number of hydrogen-bond donors (Lipinski definition) is 1. The number of ketones is 1. The predicted octanol–water partition coefficient (Wildman–Crippen LogP) is 9.24. The summed E-state index contributed by atoms with van der Waals surface area (Å²) in [4.78, 5) is 68.6. The minimum Gasteiger partial charge on any atom is -0.460 e. The van der Waals surface area contributed by atoms with Crippen LogP contribution in [0.25, 0.3) is 32.9 Å². The minimum absolute atomic E-state index is 0.0421. The number of carbonyl (C=O) groups is 4. The van der Waals surface area contributed by atoms with Crippen LogP contribution in [0.15, 0.2) is 60.0 Å². The summed E-state index contributed by atoms with van der Waals surface area (Å²) in [6, 6.07) is 12.7. The van der Waals surface area contributed by atoms with Crippen molar-refractivity contribution in [1.29, 1.82) is 0 Å². The van der Waals surface area contributed by atoms with Crippen molar-refractivity contribution in [2.45, 2.75) is 141 Å². The molecule has 342 valence electrons. The van der Waals surface area contributed by atoms with Gasteiger partial charge in [0.2, 0.25) is 21.8 Å². The Labute approximate surface area is 384 Å². The zero-order valence-corrected chi connectivity index (χ0v) is 39.8. The standard InChI is InChI=1S/C48H58ClN5O8S2/c1-29(2)54-37-16-12-15-35(42-50-36(28-63-42)30-17-19-33(49)20-18-30)41(37)51-45(54)61-34-24-38-39(55)26-48(44(58)52-64(59,60)47(6)21-22-47)25-32(48)14-11-9-7-8-10-13-31(43(57)53(38)27-34)23-40(56)62-46(3,4)5/h11-12,14-20,28-29,31-32,34,38H,7-10,13,21-27H2,1-6H3,(H,52,58)/b14-11-/t31-,32-,34-,38+,48-/m1/s1. The Balaban J connectivity index is 1.12. The fraction of sp³-hybridized carbons (Fsp3) is 0.542. The van der Waals surface area contributed by atoms with Crippen LogP contribution in [0.1, 0.15) is 118 Å². The number of Topliss-reactive ketones (excluding diaryl/α,β-unsaturated/α-hetero) is 1. The number of halogens is 1. The van der Waals surface area contributed by atoms with Crippen LogP contribution in [-0.4, -0.2) is 80.5 Å². The van der Waals surface area contributed by atoms with Crippen LogP contribution >= 0.6 is 22.9 Å². The van der Waals surface area contributed by atoms with Gasteiger partial charge in [-0.1, -0.05) is 54.8 Å². The molecule has 2 saturated carbocycles. The second kappa shape index (κ2) is 17.7. The number of allylic oxidation sites excluding steroid dienone is 2. The highest BCUT2D eigenvalue weighted by Crippen LogP contribution is 2.58. The fourth-order valence-corrected chi connectivity index (χ4v) is 11.5. The van der Waals surface area contributed by atoms with Crippen molar-refractivity contribution in [3.05, 3.63) is 65.0 Å². The number of esters is 1. The SMILES string of the molecule is CC(C)n1c(O[C@@H]2C[C@H]3C(=O)C[C@]4(C(=O)NS(=O)(=O)C5(C)CC5)C[C@H]4/C=C\CCCCC[C@H](CC(=O)OC(C)(C)C)C(=O)N3C2)nc2c(-c3nc(-c4ccc(Cl)cc4)cs3)cccc21. The predicted molar refractivity (Wildman–Crippen MR) is 247 cm³/mol. The van der Waals surface area contributed by atoms with E-state index in [0.29, 0.717) is 48.7 Å². The molecule has 8 rings (SSSR count). The Morgan fingerprint density at radius 1 is 1.05 bits per heavy atom. The molecule has 0 spiro atoms. The van der Waals surface area contributed by atoms with Gasteiger partial charge in [-0.25, -0.2) is 13.4 Å². The summed E-state index contributed by atoms with van der Waals surface area (Å²) in [6.45, 7) is 11.1. The molecule has 13 nitrogen and oxygen atoms in total. The normalized spacial score (nSPS) is 25.5. The lowest BCUT2D eigenvalue weighted by Crippen LogP contribution is -2.47. The topological polar surface area (TPSA) is 167 Å². The number of fused-ring (bicyclic) bond motifs is 3. The van der Waals surface area contributed by atoms with Crippen LogP contribution in [0, 0.1) is 17.3 Å². The van der Waals surface area contributed by atoms with E-state index in [1.54, 1.807) is 27.7 Å². The third kappa shape index (κ3) is 9.53. The lowest BCUT2D eigenvalue weighted by molar-refractivity contribution is -0.159. The smallest absolute Gasteiger partial charge is 0.307 e. The fourth-order valence-electron chi connectivity index (χ4n) is 9.15. The quantitative estimate of drug-likeness (QED) is 0.120. The molecule has 2 aromatic carbocycles. The molecule has 1 N–H and O–H groups in total. The van der Waals surface area contributed by atoms with Gasteiger partial charge in [0.05, 0.1) is 40.4 Å². The number of imidazole rings is 1. The maximum atomic E-state index is 14.9. The first-order valence-electron chi connectivity index (χ1n) is 22.5. The second-order valence-electron chi connectivity index (χ2n) is 19.6. The van der Waals surface area contributed by atoms with Crippen molar-refractivity contribution < 1.29 is 37.1 Å². The van der Waals surface area contributed by atoms with Crippen LogP contribution in [0.2, 0.25) is 5.02 Å². The molecule has 64 heavy (non-hydrogen) atoms. The van der Waals surface area contributed by atoms with E-state index in [4.69, 9.17) is 31.0 Å². The lowest BCUT2D eigenvalue weighted by atomic mass is 9.90. The van der Waals surface area contributed by atoms with E-state index >= 15 is 0 Å². The van der Waals surface area contributed by atoms with Gasteiger partial charge in [0.25, 0.3) is 6.01 Å². The van der Waals surface area contributed by atoms with Gasteiger partial charge < -0.3 is 14.4 Å². The van der Waals surface area contributed by atoms with Crippen LogP contribution < -0.4 is 9.46 Å². The van der Waals surface area contributed by atoms with Gasteiger partial charge in [0, 0.05) is 46.3 Å². The molecule has 2 aliphatic carbocycles. The number of carbonyl (C=O) groups excluding carboxylic acids is 4. The third-order valence-electron chi connectivity index (χ3n) is 13.1. The van der Waals surface area contributed by atoms with Crippen LogP contribution in [0.5, 0.6) is 6.01 Å². The monoisotopic (exact) mass is 931 g/mol. The van der Waals surface area contributed by atoms with Gasteiger partial charge in [0.15, 0.2) is 5.78 Å². The van der Waals surface area contributed by atoms with Crippen molar-refractivity contribution in [1.82, 2.24) is 24.2 Å². The molecule has 4 aromatic rings. The third-order valence-corrected chi connectivity index (χ3v) is 16.4. The Kier molecular flexibility index (Phi) is 12.7. The largest absolute Gasteiger partial charge is 0.460 e. The maximum absolute atomic E-state index is 14.9. The Hall–Kier alpha value is -4.60. The number of amides is 2. The van der Waals surface area contributed by atoms with Crippen LogP contribution in [0.3, 0.4) is 0 Å². The number of para-hydroxylation sites is 1. The first-order chi connectivity index (χ1) is 30.3. The molecule has 5 atom stereocenters. The maximum Gasteiger partial charge on any atom is 0.307 e. The number of nitrogens with one attached hydrogen (secondary N) is 1. The number of aromatic nitrogens is 3. The number of hydrogen-bond acceptors (Lipinski definition) is 11. The van der Waals surface area contributed by atoms with Gasteiger partial charge in [-0.05, 0) is 110 Å². The summed E-state index contributed by atoms with van der Waals surface area (Å²) in [6.07, 6.45) is 7.70. The van der Waals surface area contributed by atoms with Gasteiger partial charge in [-0.3, -0.25) is 28.5 Å². The molecule has 4 aliphatic rings. The number of benzene rings is 2. The summed E-state index contributed by atoms with van der Waals surface area (Å²) in [7, 11) is -3.97. The lowest BCUT2D eigenvalue weighted by Gasteiger charge is -2.29. The number of thiazole rings is 1. The Bertz CT molecular complexity index is 2590. The minimum atomic E-state index is -3.97. The van der Waals surface area contributed by atoms with E-state index in [1.165, 1.54) is 16.2 Å². The molecule has 2 amide bonds. The van der Waals surface area contributed by atoms with Crippen molar-refractivity contribution in [2.75, 3.05) is 6.54 Å². The molecule has 3 fully saturated rings. The molecule has 2 aromatic heterocycles. The summed E-state index contributed by atoms with van der Waals surface area (Å²) in [5.41, 5.74) is 2.08. The average Bonchev–Trinajstić information content (AvgIpc) is 3.90. The van der Waals surface area contributed by atoms with E-state index < -0.39 is 55.7 Å². The van der Waals surface area contributed by atoms with Crippen LogP contribution in [0.4, 0.5) is 0 Å². The van der Waals surface area contributed by atoms with Gasteiger partial charge in [-0.15, -0.1) is 11.3 Å². The van der Waals surface area contributed by atoms with Gasteiger partial charge in [-0.2, -0.15) is 4.98 Å². The van der Waals surface area contributed by atoms with Gasteiger partial charge >= 0.3 is 5.97 Å². The average molecular weight is 933 g/mol. The molecule has 1 saturated heterocycles. The van der Waals surface area contributed by atoms with E-state index in [0.717, 1.165) is 46.6 Å². The first-order valence-corrected chi connectivity index (χ1v) is 25.2. The van der Waals surface area contributed by atoms with Crippen LogP contribution in [-0.2, 0) is 33.9 Å². The zero-order valence-electron chi connectivity index (χ0n) is 37.4. The first kappa shape index (κ1) is 45.9. The molecule has 0 unspecified atom stereocenters. The highest BCUT2D eigenvalue weighted by atomic mass is 35.5. The Morgan fingerprint density at radius 2 is 1.80 bits per heavy atom.